The van der Waals surface area contributed by atoms with Gasteiger partial charge in [-0.3, -0.25) is 4.79 Å². The summed E-state index contributed by atoms with van der Waals surface area (Å²) in [5.74, 6) is -0.242. The fourth-order valence-corrected chi connectivity index (χ4v) is 1.71. The average Bonchev–Trinajstić information content (AvgIpc) is 2.27. The largest absolute Gasteiger partial charge is 0.416 e. The lowest BCUT2D eigenvalue weighted by Gasteiger charge is -2.23. The Morgan fingerprint density at radius 1 is 1.22 bits per heavy atom. The maximum atomic E-state index is 12.8. The zero-order chi connectivity index (χ0) is 14.1. The minimum Gasteiger partial charge on any atom is -0.294 e. The summed E-state index contributed by atoms with van der Waals surface area (Å²) < 4.78 is 38.3. The molecule has 0 bridgehead atoms. The summed E-state index contributed by atoms with van der Waals surface area (Å²) in [6.45, 7) is 6.69. The molecule has 1 rings (SSSR count). The molecule has 100 valence electrons. The number of alkyl halides is 3. The van der Waals surface area contributed by atoms with Crippen LogP contribution in [0.15, 0.2) is 18.2 Å². The van der Waals surface area contributed by atoms with Crippen LogP contribution in [0.3, 0.4) is 0 Å². The molecule has 0 aliphatic heterocycles. The molecule has 1 nitrogen and oxygen atoms in total. The van der Waals surface area contributed by atoms with Crippen molar-refractivity contribution in [1.29, 1.82) is 0 Å². The summed E-state index contributed by atoms with van der Waals surface area (Å²) >= 11 is 0. The number of hydrogen-bond acceptors (Lipinski definition) is 1. The lowest BCUT2D eigenvalue weighted by molar-refractivity contribution is -0.138. The van der Waals surface area contributed by atoms with Gasteiger partial charge in [0.15, 0.2) is 5.78 Å². The average molecular weight is 258 g/mol. The topological polar surface area (TPSA) is 17.1 Å². The molecule has 0 saturated heterocycles. The van der Waals surface area contributed by atoms with E-state index < -0.39 is 17.2 Å². The third kappa shape index (κ3) is 2.74. The lowest BCUT2D eigenvalue weighted by atomic mass is 9.80. The first-order chi connectivity index (χ1) is 8.11. The third-order valence-electron chi connectivity index (χ3n) is 3.38. The molecule has 1 aromatic rings. The number of carbonyl (C=O) groups excluding carboxylic acids is 1. The van der Waals surface area contributed by atoms with Crippen molar-refractivity contribution in [2.45, 2.75) is 40.3 Å². The van der Waals surface area contributed by atoms with E-state index in [4.69, 9.17) is 0 Å². The Hall–Kier alpha value is -1.32. The van der Waals surface area contributed by atoms with Crippen molar-refractivity contribution in [1.82, 2.24) is 0 Å². The predicted molar refractivity (Wildman–Crippen MR) is 64.6 cm³/mol. The highest BCUT2D eigenvalue weighted by Crippen LogP contribution is 2.35. The Bertz CT molecular complexity index is 459. The maximum Gasteiger partial charge on any atom is 0.416 e. The first kappa shape index (κ1) is 14.7. The summed E-state index contributed by atoms with van der Waals surface area (Å²) in [6, 6.07) is 3.75. The van der Waals surface area contributed by atoms with Gasteiger partial charge in [0.25, 0.3) is 0 Å². The molecule has 1 aromatic carbocycles. The Kier molecular flexibility index (Phi) is 3.89. The minimum absolute atomic E-state index is 0.0107. The van der Waals surface area contributed by atoms with Crippen LogP contribution in [0.25, 0.3) is 0 Å². The Morgan fingerprint density at radius 3 is 2.22 bits per heavy atom. The fourth-order valence-electron chi connectivity index (χ4n) is 1.71. The molecule has 0 saturated carbocycles. The van der Waals surface area contributed by atoms with Gasteiger partial charge in [-0.25, -0.2) is 0 Å². The number of benzene rings is 1. The SMILES string of the molecule is CCC(C)(C)C(=O)c1cccc(C(F)(F)F)c1C. The summed E-state index contributed by atoms with van der Waals surface area (Å²) in [5, 5.41) is 0. The summed E-state index contributed by atoms with van der Waals surface area (Å²) in [6.07, 6.45) is -3.84. The van der Waals surface area contributed by atoms with Crippen molar-refractivity contribution in [3.05, 3.63) is 34.9 Å². The third-order valence-corrected chi connectivity index (χ3v) is 3.38. The van der Waals surface area contributed by atoms with E-state index in [2.05, 4.69) is 0 Å². The van der Waals surface area contributed by atoms with Crippen LogP contribution in [0.1, 0.15) is 48.7 Å². The van der Waals surface area contributed by atoms with E-state index in [0.717, 1.165) is 6.07 Å². The first-order valence-electron chi connectivity index (χ1n) is 5.83. The first-order valence-corrected chi connectivity index (χ1v) is 5.83. The fraction of sp³-hybridized carbons (Fsp3) is 0.500. The van der Waals surface area contributed by atoms with Gasteiger partial charge in [0.2, 0.25) is 0 Å². The van der Waals surface area contributed by atoms with Gasteiger partial charge in [0.1, 0.15) is 0 Å². The van der Waals surface area contributed by atoms with Crippen molar-refractivity contribution in [3.8, 4) is 0 Å². The van der Waals surface area contributed by atoms with Crippen LogP contribution >= 0.6 is 0 Å². The van der Waals surface area contributed by atoms with Gasteiger partial charge in [0.05, 0.1) is 5.56 Å². The highest BCUT2D eigenvalue weighted by atomic mass is 19.4. The van der Waals surface area contributed by atoms with Crippen LogP contribution < -0.4 is 0 Å². The zero-order valence-electron chi connectivity index (χ0n) is 11.0. The van der Waals surface area contributed by atoms with Gasteiger partial charge in [-0.1, -0.05) is 32.9 Å². The number of carbonyl (C=O) groups is 1. The second kappa shape index (κ2) is 4.75. The number of ketones is 1. The van der Waals surface area contributed by atoms with E-state index in [-0.39, 0.29) is 16.9 Å². The summed E-state index contributed by atoms with van der Waals surface area (Å²) in [4.78, 5) is 12.2. The van der Waals surface area contributed by atoms with Crippen LogP contribution in [-0.4, -0.2) is 5.78 Å². The second-order valence-corrected chi connectivity index (χ2v) is 5.04. The highest BCUT2D eigenvalue weighted by Gasteiger charge is 2.35. The molecule has 0 aliphatic carbocycles. The molecule has 18 heavy (non-hydrogen) atoms. The van der Waals surface area contributed by atoms with E-state index in [0.29, 0.717) is 6.42 Å². The second-order valence-electron chi connectivity index (χ2n) is 5.04. The van der Waals surface area contributed by atoms with E-state index in [9.17, 15) is 18.0 Å². The number of Topliss-reactive ketones (excluding diaryl/α,β-unsaturated/α-hetero) is 1. The molecule has 4 heteroatoms. The van der Waals surface area contributed by atoms with E-state index >= 15 is 0 Å². The quantitative estimate of drug-likeness (QED) is 0.722. The van der Waals surface area contributed by atoms with Crippen LogP contribution in [-0.2, 0) is 6.18 Å². The maximum absolute atomic E-state index is 12.8. The van der Waals surface area contributed by atoms with Crippen LogP contribution in [0.4, 0.5) is 13.2 Å². The Balaban J connectivity index is 3.33. The molecule has 0 aromatic heterocycles. The normalized spacial score (nSPS) is 12.6. The molecule has 0 heterocycles. The molecule has 0 fully saturated rings. The van der Waals surface area contributed by atoms with E-state index in [1.54, 1.807) is 13.8 Å². The molecule has 0 N–H and O–H groups in total. The van der Waals surface area contributed by atoms with Crippen LogP contribution in [0.2, 0.25) is 0 Å². The highest BCUT2D eigenvalue weighted by molar-refractivity contribution is 6.01. The van der Waals surface area contributed by atoms with Crippen LogP contribution in [0, 0.1) is 12.3 Å². The predicted octanol–water partition coefficient (Wildman–Crippen LogP) is 4.63. The molecule has 0 radical (unpaired) electrons. The molecule has 0 aliphatic rings. The van der Waals surface area contributed by atoms with Gasteiger partial charge in [-0.05, 0) is 25.0 Å². The zero-order valence-corrected chi connectivity index (χ0v) is 11.0. The number of halogens is 3. The van der Waals surface area contributed by atoms with E-state index in [1.807, 2.05) is 6.92 Å². The summed E-state index contributed by atoms with van der Waals surface area (Å²) in [5.41, 5.74) is -1.21. The molecule has 0 atom stereocenters. The standard InChI is InChI=1S/C14H17F3O/c1-5-13(3,4)12(18)10-7-6-8-11(9(10)2)14(15,16)17/h6-8H,5H2,1-4H3. The molecule has 0 amide bonds. The van der Waals surface area contributed by atoms with Gasteiger partial charge in [0, 0.05) is 11.0 Å². The Morgan fingerprint density at radius 2 is 1.78 bits per heavy atom. The molecule has 0 spiro atoms. The van der Waals surface area contributed by atoms with Gasteiger partial charge in [-0.2, -0.15) is 13.2 Å². The van der Waals surface area contributed by atoms with Crippen molar-refractivity contribution in [2.24, 2.45) is 5.41 Å². The number of rotatable bonds is 3. The van der Waals surface area contributed by atoms with Gasteiger partial charge < -0.3 is 0 Å². The minimum atomic E-state index is -4.42. The van der Waals surface area contributed by atoms with Crippen molar-refractivity contribution < 1.29 is 18.0 Å². The van der Waals surface area contributed by atoms with Crippen molar-refractivity contribution in [3.63, 3.8) is 0 Å². The van der Waals surface area contributed by atoms with Crippen LogP contribution in [0.5, 0.6) is 0 Å². The lowest BCUT2D eigenvalue weighted by Crippen LogP contribution is -2.25. The Labute approximate surface area is 105 Å². The van der Waals surface area contributed by atoms with Gasteiger partial charge in [-0.15, -0.1) is 0 Å². The molecule has 0 unspecified atom stereocenters. The molecular weight excluding hydrogens is 241 g/mol. The van der Waals surface area contributed by atoms with Crippen molar-refractivity contribution >= 4 is 5.78 Å². The van der Waals surface area contributed by atoms with Crippen molar-refractivity contribution in [2.75, 3.05) is 0 Å². The van der Waals surface area contributed by atoms with E-state index in [1.165, 1.54) is 19.1 Å². The molecular formula is C14H17F3O. The van der Waals surface area contributed by atoms with Gasteiger partial charge >= 0.3 is 6.18 Å². The number of hydrogen-bond donors (Lipinski definition) is 0. The monoisotopic (exact) mass is 258 g/mol. The smallest absolute Gasteiger partial charge is 0.294 e. The summed E-state index contributed by atoms with van der Waals surface area (Å²) in [7, 11) is 0.